The third-order valence-electron chi connectivity index (χ3n) is 3.38. The van der Waals surface area contributed by atoms with E-state index >= 15 is 0 Å². The summed E-state index contributed by atoms with van der Waals surface area (Å²) in [4.78, 5) is 16.3. The lowest BCUT2D eigenvalue weighted by Gasteiger charge is -2.17. The van der Waals surface area contributed by atoms with E-state index in [0.717, 1.165) is 5.56 Å². The lowest BCUT2D eigenvalue weighted by atomic mass is 9.95. The Hall–Kier alpha value is -2.49. The summed E-state index contributed by atoms with van der Waals surface area (Å²) in [6.45, 7) is 2.04. The molecule has 3 nitrogen and oxygen atoms in total. The van der Waals surface area contributed by atoms with Crippen LogP contribution < -0.4 is 4.74 Å². The predicted molar refractivity (Wildman–Crippen MR) is 78.8 cm³/mol. The molecule has 0 radical (unpaired) electrons. The van der Waals surface area contributed by atoms with Gasteiger partial charge in [-0.05, 0) is 11.6 Å². The highest BCUT2D eigenvalue weighted by molar-refractivity contribution is 6.12. The van der Waals surface area contributed by atoms with Crippen molar-refractivity contribution in [3.63, 3.8) is 0 Å². The minimum absolute atomic E-state index is 0.135. The van der Waals surface area contributed by atoms with Crippen LogP contribution in [-0.2, 0) is 6.61 Å². The van der Waals surface area contributed by atoms with Gasteiger partial charge in [-0.3, -0.25) is 9.79 Å². The van der Waals surface area contributed by atoms with Gasteiger partial charge in [0.2, 0.25) is 0 Å². The van der Waals surface area contributed by atoms with Gasteiger partial charge in [-0.2, -0.15) is 0 Å². The average Bonchev–Trinajstić information content (AvgIpc) is 2.50. The van der Waals surface area contributed by atoms with E-state index < -0.39 is 5.82 Å². The standard InChI is InChI=1S/C17H14FNO2/c1-11-9-19-16-14(17(11)20)7-13(18)8-15(16)21-10-12-5-3-2-4-6-12/h2-9,11H,10H2,1H3. The summed E-state index contributed by atoms with van der Waals surface area (Å²) in [5.41, 5.74) is 1.67. The summed E-state index contributed by atoms with van der Waals surface area (Å²) >= 11 is 0. The Bertz CT molecular complexity index is 710. The van der Waals surface area contributed by atoms with Crippen molar-refractivity contribution in [2.75, 3.05) is 0 Å². The molecule has 0 bridgehead atoms. The summed E-state index contributed by atoms with van der Waals surface area (Å²) in [6.07, 6.45) is 1.57. The van der Waals surface area contributed by atoms with Crippen molar-refractivity contribution in [1.82, 2.24) is 0 Å². The summed E-state index contributed by atoms with van der Waals surface area (Å²) in [6, 6.07) is 12.1. The molecule has 21 heavy (non-hydrogen) atoms. The van der Waals surface area contributed by atoms with E-state index in [0.29, 0.717) is 18.0 Å². The van der Waals surface area contributed by atoms with E-state index in [1.165, 1.54) is 12.1 Å². The quantitative estimate of drug-likeness (QED) is 0.855. The highest BCUT2D eigenvalue weighted by Gasteiger charge is 2.25. The van der Waals surface area contributed by atoms with Crippen LogP contribution in [0.2, 0.25) is 0 Å². The number of ketones is 1. The molecule has 2 aromatic rings. The number of carbonyl (C=O) groups is 1. The molecule has 2 aromatic carbocycles. The fourth-order valence-corrected chi connectivity index (χ4v) is 2.24. The molecule has 0 N–H and O–H groups in total. The van der Waals surface area contributed by atoms with E-state index in [4.69, 9.17) is 4.74 Å². The zero-order valence-corrected chi connectivity index (χ0v) is 11.5. The molecule has 0 saturated heterocycles. The molecule has 0 saturated carbocycles. The SMILES string of the molecule is CC1C=Nc2c(OCc3ccccc3)cc(F)cc2C1=O. The number of benzene rings is 2. The zero-order valence-electron chi connectivity index (χ0n) is 11.5. The minimum atomic E-state index is -0.491. The molecule has 3 rings (SSSR count). The number of Topliss-reactive ketones (excluding diaryl/α,β-unsaturated/α-hetero) is 1. The van der Waals surface area contributed by atoms with Crippen LogP contribution in [0.4, 0.5) is 10.1 Å². The van der Waals surface area contributed by atoms with Gasteiger partial charge in [-0.1, -0.05) is 37.3 Å². The molecule has 4 heteroatoms. The van der Waals surface area contributed by atoms with E-state index in [1.807, 2.05) is 30.3 Å². The number of carbonyl (C=O) groups excluding carboxylic acids is 1. The van der Waals surface area contributed by atoms with Crippen molar-refractivity contribution in [2.45, 2.75) is 13.5 Å². The normalized spacial score (nSPS) is 16.7. The van der Waals surface area contributed by atoms with Crippen LogP contribution >= 0.6 is 0 Å². The molecular weight excluding hydrogens is 269 g/mol. The molecule has 0 amide bonds. The highest BCUT2D eigenvalue weighted by atomic mass is 19.1. The Balaban J connectivity index is 1.92. The van der Waals surface area contributed by atoms with Gasteiger partial charge in [-0.25, -0.2) is 4.39 Å². The largest absolute Gasteiger partial charge is 0.487 e. The second-order valence-electron chi connectivity index (χ2n) is 5.01. The van der Waals surface area contributed by atoms with Crippen molar-refractivity contribution >= 4 is 17.7 Å². The third kappa shape index (κ3) is 2.70. The van der Waals surface area contributed by atoms with E-state index in [2.05, 4.69) is 4.99 Å². The molecule has 106 valence electrons. The van der Waals surface area contributed by atoms with Crippen LogP contribution in [0, 0.1) is 11.7 Å². The second-order valence-corrected chi connectivity index (χ2v) is 5.01. The van der Waals surface area contributed by atoms with Crippen LogP contribution in [-0.4, -0.2) is 12.0 Å². The fraction of sp³-hybridized carbons (Fsp3) is 0.176. The number of fused-ring (bicyclic) bond motifs is 1. The van der Waals surface area contributed by atoms with Crippen LogP contribution in [0.3, 0.4) is 0 Å². The molecule has 1 unspecified atom stereocenters. The first-order chi connectivity index (χ1) is 10.1. The smallest absolute Gasteiger partial charge is 0.173 e. The molecule has 1 aliphatic heterocycles. The molecule has 0 aromatic heterocycles. The van der Waals surface area contributed by atoms with Crippen LogP contribution in [0.1, 0.15) is 22.8 Å². The van der Waals surface area contributed by atoms with Crippen molar-refractivity contribution in [2.24, 2.45) is 10.9 Å². The van der Waals surface area contributed by atoms with Gasteiger partial charge in [-0.15, -0.1) is 0 Å². The maximum absolute atomic E-state index is 13.7. The lowest BCUT2D eigenvalue weighted by molar-refractivity contribution is 0.0961. The average molecular weight is 283 g/mol. The predicted octanol–water partition coefficient (Wildman–Crippen LogP) is 3.94. The number of hydrogen-bond acceptors (Lipinski definition) is 3. The zero-order chi connectivity index (χ0) is 14.8. The number of ether oxygens (including phenoxy) is 1. The second kappa shape index (κ2) is 5.48. The maximum atomic E-state index is 13.7. The first-order valence-corrected chi connectivity index (χ1v) is 6.74. The van der Waals surface area contributed by atoms with Crippen LogP contribution in [0.25, 0.3) is 0 Å². The van der Waals surface area contributed by atoms with Crippen LogP contribution in [0.15, 0.2) is 47.5 Å². The minimum Gasteiger partial charge on any atom is -0.487 e. The summed E-state index contributed by atoms with van der Waals surface area (Å²) in [5.74, 6) is -0.662. The Morgan fingerprint density at radius 1 is 1.24 bits per heavy atom. The molecule has 0 fully saturated rings. The first kappa shape index (κ1) is 13.5. The van der Waals surface area contributed by atoms with Gasteiger partial charge in [0.15, 0.2) is 5.78 Å². The molecule has 1 aliphatic rings. The van der Waals surface area contributed by atoms with Crippen molar-refractivity contribution in [3.05, 3.63) is 59.4 Å². The lowest BCUT2D eigenvalue weighted by Crippen LogP contribution is -2.17. The van der Waals surface area contributed by atoms with E-state index in [9.17, 15) is 9.18 Å². The highest BCUT2D eigenvalue weighted by Crippen LogP contribution is 2.36. The monoisotopic (exact) mass is 283 g/mol. The third-order valence-corrected chi connectivity index (χ3v) is 3.38. The summed E-state index contributed by atoms with van der Waals surface area (Å²) < 4.78 is 19.3. The Morgan fingerprint density at radius 3 is 2.76 bits per heavy atom. The van der Waals surface area contributed by atoms with E-state index in [1.54, 1.807) is 13.1 Å². The number of hydrogen-bond donors (Lipinski definition) is 0. The number of nitrogens with zero attached hydrogens (tertiary/aromatic N) is 1. The van der Waals surface area contributed by atoms with Crippen molar-refractivity contribution in [1.29, 1.82) is 0 Å². The summed E-state index contributed by atoms with van der Waals surface area (Å²) in [5, 5.41) is 0. The fourth-order valence-electron chi connectivity index (χ4n) is 2.24. The Labute approximate surface area is 122 Å². The first-order valence-electron chi connectivity index (χ1n) is 6.74. The van der Waals surface area contributed by atoms with Gasteiger partial charge < -0.3 is 4.74 Å². The maximum Gasteiger partial charge on any atom is 0.173 e. The van der Waals surface area contributed by atoms with Gasteiger partial charge in [0.05, 0.1) is 11.5 Å². The molecular formula is C17H14FNO2. The molecule has 0 spiro atoms. The van der Waals surface area contributed by atoms with Crippen molar-refractivity contribution in [3.8, 4) is 5.75 Å². The van der Waals surface area contributed by atoms with Crippen molar-refractivity contribution < 1.29 is 13.9 Å². The number of aliphatic imine (C=N–C) groups is 1. The van der Waals surface area contributed by atoms with Gasteiger partial charge in [0, 0.05) is 12.3 Å². The molecule has 1 heterocycles. The van der Waals surface area contributed by atoms with E-state index in [-0.39, 0.29) is 17.3 Å². The van der Waals surface area contributed by atoms with Gasteiger partial charge in [0.25, 0.3) is 0 Å². The molecule has 1 atom stereocenters. The number of halogens is 1. The van der Waals surface area contributed by atoms with Crippen LogP contribution in [0.5, 0.6) is 5.75 Å². The Kier molecular flexibility index (Phi) is 3.52. The summed E-state index contributed by atoms with van der Waals surface area (Å²) in [7, 11) is 0. The number of rotatable bonds is 3. The topological polar surface area (TPSA) is 38.7 Å². The van der Waals surface area contributed by atoms with Gasteiger partial charge in [0.1, 0.15) is 23.9 Å². The molecule has 0 aliphatic carbocycles. The van der Waals surface area contributed by atoms with Gasteiger partial charge >= 0.3 is 0 Å². The Morgan fingerprint density at radius 2 is 2.00 bits per heavy atom.